The second-order valence-corrected chi connectivity index (χ2v) is 8.63. The lowest BCUT2D eigenvalue weighted by molar-refractivity contribution is 0.353. The summed E-state index contributed by atoms with van der Waals surface area (Å²) in [4.78, 5) is 0.373. The van der Waals surface area contributed by atoms with Gasteiger partial charge in [-0.2, -0.15) is 4.31 Å². The summed E-state index contributed by atoms with van der Waals surface area (Å²) < 4.78 is 27.6. The zero-order valence-electron chi connectivity index (χ0n) is 15.3. The van der Waals surface area contributed by atoms with E-state index >= 15 is 0 Å². The van der Waals surface area contributed by atoms with E-state index in [1.807, 2.05) is 50.3 Å². The van der Waals surface area contributed by atoms with Gasteiger partial charge in [0.1, 0.15) is 0 Å². The van der Waals surface area contributed by atoms with Crippen LogP contribution in [-0.4, -0.2) is 25.8 Å². The number of piperidine rings is 1. The number of benzene rings is 2. The Morgan fingerprint density at radius 1 is 1.04 bits per heavy atom. The van der Waals surface area contributed by atoms with Crippen molar-refractivity contribution in [2.75, 3.05) is 13.1 Å². The molecule has 0 N–H and O–H groups in total. The summed E-state index contributed by atoms with van der Waals surface area (Å²) in [6.45, 7) is 4.94. The van der Waals surface area contributed by atoms with Crippen molar-refractivity contribution in [3.63, 3.8) is 0 Å². The highest BCUT2D eigenvalue weighted by atomic mass is 32.2. The van der Waals surface area contributed by atoms with Crippen LogP contribution in [0.25, 0.3) is 6.08 Å². The molecule has 1 aliphatic heterocycles. The maximum atomic E-state index is 13.0. The molecule has 3 rings (SSSR count). The molecule has 1 saturated heterocycles. The van der Waals surface area contributed by atoms with Crippen LogP contribution >= 0.6 is 0 Å². The smallest absolute Gasteiger partial charge is 0.207 e. The molecule has 1 aliphatic rings. The molecule has 0 saturated carbocycles. The SMILES string of the molecule is C/C=C/C1CN(S(=O)(=O)c2ccc(C)cc2)CC/C1=C/c1ccccc1. The Morgan fingerprint density at radius 2 is 1.73 bits per heavy atom. The summed E-state index contributed by atoms with van der Waals surface area (Å²) >= 11 is 0. The van der Waals surface area contributed by atoms with E-state index in [9.17, 15) is 8.42 Å². The highest BCUT2D eigenvalue weighted by Gasteiger charge is 2.31. The lowest BCUT2D eigenvalue weighted by Gasteiger charge is -2.33. The maximum Gasteiger partial charge on any atom is 0.243 e. The Balaban J connectivity index is 1.86. The highest BCUT2D eigenvalue weighted by Crippen LogP contribution is 2.30. The van der Waals surface area contributed by atoms with Crippen LogP contribution in [0.2, 0.25) is 0 Å². The Hall–Kier alpha value is -2.17. The van der Waals surface area contributed by atoms with Crippen molar-refractivity contribution in [1.29, 1.82) is 0 Å². The topological polar surface area (TPSA) is 37.4 Å². The zero-order chi connectivity index (χ0) is 18.6. The Morgan fingerprint density at radius 3 is 2.38 bits per heavy atom. The molecule has 0 amide bonds. The van der Waals surface area contributed by atoms with Gasteiger partial charge in [-0.25, -0.2) is 8.42 Å². The second-order valence-electron chi connectivity index (χ2n) is 6.69. The third-order valence-electron chi connectivity index (χ3n) is 4.76. The average Bonchev–Trinajstić information content (AvgIpc) is 2.64. The van der Waals surface area contributed by atoms with E-state index in [1.54, 1.807) is 16.4 Å². The number of allylic oxidation sites excluding steroid dienone is 1. The number of sulfonamides is 1. The highest BCUT2D eigenvalue weighted by molar-refractivity contribution is 7.89. The standard InChI is InChI=1S/C22H25NO2S/c1-3-7-21-17-23(26(24,25)22-12-10-18(2)11-13-22)15-14-20(21)16-19-8-5-4-6-9-19/h3-13,16,21H,14-15,17H2,1-2H3/b7-3+,20-16-. The molecule has 1 atom stereocenters. The van der Waals surface area contributed by atoms with E-state index < -0.39 is 10.0 Å². The van der Waals surface area contributed by atoms with Crippen molar-refractivity contribution in [2.24, 2.45) is 5.92 Å². The Bertz CT molecular complexity index is 897. The Labute approximate surface area is 156 Å². The summed E-state index contributed by atoms with van der Waals surface area (Å²) in [6, 6.07) is 17.3. The van der Waals surface area contributed by atoms with Crippen molar-refractivity contribution in [3.05, 3.63) is 83.4 Å². The fraction of sp³-hybridized carbons (Fsp3) is 0.273. The van der Waals surface area contributed by atoms with Crippen molar-refractivity contribution in [2.45, 2.75) is 25.2 Å². The predicted molar refractivity (Wildman–Crippen MR) is 107 cm³/mol. The molecule has 0 spiro atoms. The lowest BCUT2D eigenvalue weighted by atomic mass is 9.90. The van der Waals surface area contributed by atoms with Crippen molar-refractivity contribution in [3.8, 4) is 0 Å². The van der Waals surface area contributed by atoms with E-state index in [0.29, 0.717) is 18.0 Å². The molecule has 0 aliphatic carbocycles. The molecule has 2 aromatic carbocycles. The molecule has 3 nitrogen and oxygen atoms in total. The van der Waals surface area contributed by atoms with E-state index in [2.05, 4.69) is 24.3 Å². The van der Waals surface area contributed by atoms with Gasteiger partial charge in [0.05, 0.1) is 4.90 Å². The number of rotatable bonds is 4. The van der Waals surface area contributed by atoms with Crippen LogP contribution in [0.4, 0.5) is 0 Å². The molecule has 1 unspecified atom stereocenters. The minimum Gasteiger partial charge on any atom is -0.207 e. The van der Waals surface area contributed by atoms with Crippen molar-refractivity contribution >= 4 is 16.1 Å². The van der Waals surface area contributed by atoms with Gasteiger partial charge in [0.15, 0.2) is 0 Å². The number of aryl methyl sites for hydroxylation is 1. The summed E-state index contributed by atoms with van der Waals surface area (Å²) in [5.41, 5.74) is 3.50. The third-order valence-corrected chi connectivity index (χ3v) is 6.64. The van der Waals surface area contributed by atoms with Crippen LogP contribution in [0.1, 0.15) is 24.5 Å². The maximum absolute atomic E-state index is 13.0. The van der Waals surface area contributed by atoms with Crippen LogP contribution < -0.4 is 0 Å². The average molecular weight is 368 g/mol. The first-order valence-corrected chi connectivity index (χ1v) is 10.4. The largest absolute Gasteiger partial charge is 0.243 e. The molecule has 2 aromatic rings. The van der Waals surface area contributed by atoms with E-state index in [1.165, 1.54) is 5.57 Å². The molecule has 26 heavy (non-hydrogen) atoms. The van der Waals surface area contributed by atoms with Crippen molar-refractivity contribution in [1.82, 2.24) is 4.31 Å². The summed E-state index contributed by atoms with van der Waals surface area (Å²) in [5.74, 6) is 0.106. The molecular weight excluding hydrogens is 342 g/mol. The molecule has 0 aromatic heterocycles. The first kappa shape index (κ1) is 18.6. The van der Waals surface area contributed by atoms with Crippen LogP contribution in [-0.2, 0) is 10.0 Å². The van der Waals surface area contributed by atoms with Gasteiger partial charge in [-0.15, -0.1) is 0 Å². The third kappa shape index (κ3) is 4.14. The molecular formula is C22H25NO2S. The van der Waals surface area contributed by atoms with Crippen LogP contribution in [0.3, 0.4) is 0 Å². The van der Waals surface area contributed by atoms with E-state index in [0.717, 1.165) is 17.5 Å². The van der Waals surface area contributed by atoms with Gasteiger partial charge < -0.3 is 0 Å². The van der Waals surface area contributed by atoms with Crippen LogP contribution in [0, 0.1) is 12.8 Å². The molecule has 4 heteroatoms. The number of hydrogen-bond acceptors (Lipinski definition) is 2. The van der Waals surface area contributed by atoms with Gasteiger partial charge in [-0.1, -0.05) is 71.8 Å². The first-order chi connectivity index (χ1) is 12.5. The molecule has 0 bridgehead atoms. The van der Waals surface area contributed by atoms with Crippen molar-refractivity contribution < 1.29 is 8.42 Å². The van der Waals surface area contributed by atoms with Gasteiger partial charge in [-0.05, 0) is 38.0 Å². The van der Waals surface area contributed by atoms with Gasteiger partial charge in [0.25, 0.3) is 0 Å². The van der Waals surface area contributed by atoms with Gasteiger partial charge in [0.2, 0.25) is 10.0 Å². The van der Waals surface area contributed by atoms with Gasteiger partial charge in [-0.3, -0.25) is 0 Å². The monoisotopic (exact) mass is 367 g/mol. The van der Waals surface area contributed by atoms with Crippen LogP contribution in [0.15, 0.2) is 77.2 Å². The summed E-state index contributed by atoms with van der Waals surface area (Å²) in [5, 5.41) is 0. The predicted octanol–water partition coefficient (Wildman–Crippen LogP) is 4.67. The second kappa shape index (κ2) is 8.02. The first-order valence-electron chi connectivity index (χ1n) is 8.96. The zero-order valence-corrected chi connectivity index (χ0v) is 16.1. The lowest BCUT2D eigenvalue weighted by Crippen LogP contribution is -2.40. The fourth-order valence-electron chi connectivity index (χ4n) is 3.30. The molecule has 1 fully saturated rings. The molecule has 0 radical (unpaired) electrons. The van der Waals surface area contributed by atoms with E-state index in [-0.39, 0.29) is 5.92 Å². The number of hydrogen-bond donors (Lipinski definition) is 0. The number of nitrogens with zero attached hydrogens (tertiary/aromatic N) is 1. The quantitative estimate of drug-likeness (QED) is 0.737. The van der Waals surface area contributed by atoms with E-state index in [4.69, 9.17) is 0 Å². The van der Waals surface area contributed by atoms with Crippen LogP contribution in [0.5, 0.6) is 0 Å². The normalized spacial score (nSPS) is 20.7. The fourth-order valence-corrected chi connectivity index (χ4v) is 4.77. The minimum atomic E-state index is -3.45. The van der Waals surface area contributed by atoms with Gasteiger partial charge >= 0.3 is 0 Å². The Kier molecular flexibility index (Phi) is 5.74. The van der Waals surface area contributed by atoms with Gasteiger partial charge in [0, 0.05) is 19.0 Å². The molecule has 136 valence electrons. The molecule has 1 heterocycles. The summed E-state index contributed by atoms with van der Waals surface area (Å²) in [7, 11) is -3.45. The summed E-state index contributed by atoms with van der Waals surface area (Å²) in [6.07, 6.45) is 7.05. The minimum absolute atomic E-state index is 0.106.